The molecule has 0 aliphatic rings. The van der Waals surface area contributed by atoms with Crippen molar-refractivity contribution in [2.24, 2.45) is 5.41 Å². The third kappa shape index (κ3) is 19.6. The van der Waals surface area contributed by atoms with Gasteiger partial charge in [0.1, 0.15) is 0 Å². The maximum Gasteiger partial charge on any atom is 1.00 e. The summed E-state index contributed by atoms with van der Waals surface area (Å²) in [7, 11) is 0. The van der Waals surface area contributed by atoms with Crippen molar-refractivity contribution in [3.8, 4) is 0 Å². The van der Waals surface area contributed by atoms with Gasteiger partial charge in [0.15, 0.2) is 0 Å². The SMILES string of the molecule is CCCCCCCCCCC(CCCCCCCCCC)(CC(=O)[O-])C(=O)[O-].[Na+].[Na+]. The third-order valence-electron chi connectivity index (χ3n) is 5.93. The molecule has 166 valence electrons. The van der Waals surface area contributed by atoms with Gasteiger partial charge in [-0.3, -0.25) is 0 Å². The first-order valence-electron chi connectivity index (χ1n) is 11.9. The monoisotopic (exact) mass is 442 g/mol. The molecule has 30 heavy (non-hydrogen) atoms. The molecule has 0 heterocycles. The van der Waals surface area contributed by atoms with E-state index in [4.69, 9.17) is 0 Å². The Kier molecular flexibility index (Phi) is 29.1. The minimum Gasteiger partial charge on any atom is -0.550 e. The van der Waals surface area contributed by atoms with Crippen molar-refractivity contribution in [2.45, 2.75) is 136 Å². The van der Waals surface area contributed by atoms with Gasteiger partial charge in [0.2, 0.25) is 0 Å². The second-order valence-corrected chi connectivity index (χ2v) is 8.57. The predicted octanol–water partition coefficient (Wildman–Crippen LogP) is -1.07. The molecule has 0 bridgehead atoms. The second-order valence-electron chi connectivity index (χ2n) is 8.57. The van der Waals surface area contributed by atoms with E-state index in [1.165, 1.54) is 64.2 Å². The van der Waals surface area contributed by atoms with Crippen LogP contribution in [0.15, 0.2) is 0 Å². The number of rotatable bonds is 21. The smallest absolute Gasteiger partial charge is 0.550 e. The number of aliphatic carboxylic acids is 2. The fourth-order valence-electron chi connectivity index (χ4n) is 4.05. The Labute approximate surface area is 230 Å². The molecule has 0 unspecified atom stereocenters. The number of hydrogen-bond donors (Lipinski definition) is 0. The van der Waals surface area contributed by atoms with Gasteiger partial charge in [-0.15, -0.1) is 0 Å². The number of carboxylic acid groups (broad SMARTS) is 2. The summed E-state index contributed by atoms with van der Waals surface area (Å²) in [4.78, 5) is 23.0. The van der Waals surface area contributed by atoms with Crippen molar-refractivity contribution in [3.05, 3.63) is 0 Å². The first-order chi connectivity index (χ1) is 13.5. The molecule has 6 heteroatoms. The normalized spacial score (nSPS) is 10.9. The van der Waals surface area contributed by atoms with E-state index in [2.05, 4.69) is 13.8 Å². The summed E-state index contributed by atoms with van der Waals surface area (Å²) in [5.41, 5.74) is -1.25. The van der Waals surface area contributed by atoms with Crippen molar-refractivity contribution in [2.75, 3.05) is 0 Å². The van der Waals surface area contributed by atoms with Gasteiger partial charge in [0.05, 0.1) is 0 Å². The fraction of sp³-hybridized carbons (Fsp3) is 0.917. The summed E-state index contributed by atoms with van der Waals surface area (Å²) >= 11 is 0. The topological polar surface area (TPSA) is 80.3 Å². The van der Waals surface area contributed by atoms with Crippen LogP contribution in [-0.2, 0) is 9.59 Å². The molecule has 0 aliphatic heterocycles. The third-order valence-corrected chi connectivity index (χ3v) is 5.93. The van der Waals surface area contributed by atoms with Gasteiger partial charge in [-0.2, -0.15) is 0 Å². The summed E-state index contributed by atoms with van der Waals surface area (Å²) in [6, 6.07) is 0. The van der Waals surface area contributed by atoms with Crippen molar-refractivity contribution < 1.29 is 78.9 Å². The summed E-state index contributed by atoms with van der Waals surface area (Å²) in [5.74, 6) is -2.48. The van der Waals surface area contributed by atoms with E-state index in [-0.39, 0.29) is 59.1 Å². The Balaban J connectivity index is -0.00000364. The second kappa shape index (κ2) is 24.6. The molecule has 0 radical (unpaired) electrons. The predicted molar refractivity (Wildman–Crippen MR) is 112 cm³/mol. The number of carboxylic acids is 2. The summed E-state index contributed by atoms with van der Waals surface area (Å²) in [6.07, 6.45) is 18.4. The van der Waals surface area contributed by atoms with Gasteiger partial charge in [0, 0.05) is 17.4 Å². The zero-order chi connectivity index (χ0) is 21.1. The van der Waals surface area contributed by atoms with Gasteiger partial charge in [-0.25, -0.2) is 0 Å². The molecule has 0 aliphatic carbocycles. The molecule has 0 aromatic heterocycles. The number of carbonyl (C=O) groups is 2. The molecule has 0 aromatic carbocycles. The maximum absolute atomic E-state index is 11.8. The van der Waals surface area contributed by atoms with Crippen molar-refractivity contribution in [3.63, 3.8) is 0 Å². The molecular formula is C24H44Na2O4. The van der Waals surface area contributed by atoms with Crippen LogP contribution in [0.5, 0.6) is 0 Å². The van der Waals surface area contributed by atoms with Crippen LogP contribution < -0.4 is 69.3 Å². The molecule has 0 amide bonds. The number of carbonyl (C=O) groups excluding carboxylic acids is 2. The number of hydrogen-bond acceptors (Lipinski definition) is 4. The average molecular weight is 443 g/mol. The minimum absolute atomic E-state index is 0. The van der Waals surface area contributed by atoms with Gasteiger partial charge in [-0.05, 0) is 19.3 Å². The zero-order valence-corrected chi connectivity index (χ0v) is 24.6. The van der Waals surface area contributed by atoms with Crippen LogP contribution in [0.25, 0.3) is 0 Å². The summed E-state index contributed by atoms with van der Waals surface area (Å²) < 4.78 is 0. The van der Waals surface area contributed by atoms with E-state index < -0.39 is 23.8 Å². The first kappa shape index (κ1) is 35.5. The first-order valence-corrected chi connectivity index (χ1v) is 11.9. The standard InChI is InChI=1S/C24H46O4.2Na/c1-3-5-7-9-11-13-15-17-19-24(23(27)28,21-22(25)26)20-18-16-14-12-10-8-6-4-2;;/h3-21H2,1-2H3,(H,25,26)(H,27,28);;/q;2*+1/p-2. The van der Waals surface area contributed by atoms with Crippen LogP contribution in [0.2, 0.25) is 0 Å². The van der Waals surface area contributed by atoms with Crippen LogP contribution in [0, 0.1) is 5.41 Å². The van der Waals surface area contributed by atoms with E-state index in [1.54, 1.807) is 0 Å². The largest absolute Gasteiger partial charge is 1.00 e. The van der Waals surface area contributed by atoms with Crippen LogP contribution in [0.3, 0.4) is 0 Å². The van der Waals surface area contributed by atoms with Crippen molar-refractivity contribution in [1.29, 1.82) is 0 Å². The molecule has 0 N–H and O–H groups in total. The molecule has 0 spiro atoms. The van der Waals surface area contributed by atoms with Crippen LogP contribution in [-0.4, -0.2) is 11.9 Å². The molecule has 0 atom stereocenters. The van der Waals surface area contributed by atoms with Crippen LogP contribution in [0.1, 0.15) is 136 Å². The Morgan fingerprint density at radius 3 is 1.13 bits per heavy atom. The van der Waals surface area contributed by atoms with E-state index >= 15 is 0 Å². The number of unbranched alkanes of at least 4 members (excludes halogenated alkanes) is 14. The van der Waals surface area contributed by atoms with Crippen molar-refractivity contribution in [1.82, 2.24) is 0 Å². The molecule has 4 nitrogen and oxygen atoms in total. The van der Waals surface area contributed by atoms with Gasteiger partial charge in [-0.1, -0.05) is 117 Å². The molecular weight excluding hydrogens is 398 g/mol. The molecule has 0 saturated heterocycles. The minimum atomic E-state index is -1.27. The zero-order valence-electron chi connectivity index (χ0n) is 20.6. The van der Waals surface area contributed by atoms with E-state index in [0.717, 1.165) is 38.5 Å². The summed E-state index contributed by atoms with van der Waals surface area (Å²) in [5, 5.41) is 23.0. The van der Waals surface area contributed by atoms with E-state index in [9.17, 15) is 19.8 Å². The fourth-order valence-corrected chi connectivity index (χ4v) is 4.05. The Morgan fingerprint density at radius 2 is 0.867 bits per heavy atom. The van der Waals surface area contributed by atoms with Gasteiger partial charge >= 0.3 is 59.1 Å². The summed E-state index contributed by atoms with van der Waals surface area (Å²) in [6.45, 7) is 4.40. The molecule has 0 fully saturated rings. The molecule has 0 aromatic rings. The molecule has 0 rings (SSSR count). The average Bonchev–Trinajstić information content (AvgIpc) is 2.65. The Bertz CT molecular complexity index is 383. The quantitative estimate of drug-likeness (QED) is 0.168. The Morgan fingerprint density at radius 1 is 0.567 bits per heavy atom. The van der Waals surface area contributed by atoms with Gasteiger partial charge in [0.25, 0.3) is 0 Å². The van der Waals surface area contributed by atoms with Gasteiger partial charge < -0.3 is 19.8 Å². The van der Waals surface area contributed by atoms with Crippen LogP contribution in [0.4, 0.5) is 0 Å². The maximum atomic E-state index is 11.8. The Hall–Kier alpha value is 0.940. The van der Waals surface area contributed by atoms with Crippen molar-refractivity contribution >= 4 is 11.9 Å². The van der Waals surface area contributed by atoms with Crippen LogP contribution >= 0.6 is 0 Å². The van der Waals surface area contributed by atoms with E-state index in [1.807, 2.05) is 0 Å². The van der Waals surface area contributed by atoms with E-state index in [0.29, 0.717) is 12.8 Å². The molecule has 0 saturated carbocycles.